The predicted octanol–water partition coefficient (Wildman–Crippen LogP) is 3.92. The number of hydrogen-bond donors (Lipinski definition) is 2. The molecule has 4 aliphatic rings. The normalized spacial score (nSPS) is 28.2. The maximum Gasteiger partial charge on any atom is 0.272 e. The van der Waals surface area contributed by atoms with Crippen LogP contribution in [0.4, 0.5) is 0 Å². The molecule has 3 atom stereocenters. The number of hydrogen-bond acceptors (Lipinski definition) is 6. The summed E-state index contributed by atoms with van der Waals surface area (Å²) in [6, 6.07) is 9.39. The molecule has 10 heteroatoms. The van der Waals surface area contributed by atoms with Crippen molar-refractivity contribution < 1.29 is 13.2 Å². The molecule has 2 aromatic rings. The van der Waals surface area contributed by atoms with Crippen LogP contribution in [-0.4, -0.2) is 90.0 Å². The van der Waals surface area contributed by atoms with E-state index < -0.39 is 10.0 Å². The SMILES string of the molecule is CC(C)n1nc(C(=O)NC2CC3CCC(C2)N3CCN2CC[C@@H](NS(=O)(=O)CC3CCCCC3)C2)c2ccccc21. The molecule has 2 N–H and O–H groups in total. The van der Waals surface area contributed by atoms with E-state index in [0.29, 0.717) is 29.4 Å². The molecule has 226 valence electrons. The third kappa shape index (κ3) is 6.65. The second-order valence-corrected chi connectivity index (χ2v) is 15.2. The van der Waals surface area contributed by atoms with Gasteiger partial charge in [0.1, 0.15) is 0 Å². The molecule has 4 fully saturated rings. The number of carbonyl (C=O) groups is 1. The van der Waals surface area contributed by atoms with Crippen LogP contribution in [0, 0.1) is 5.92 Å². The van der Waals surface area contributed by atoms with Crippen molar-refractivity contribution in [3.05, 3.63) is 30.0 Å². The molecule has 1 amide bonds. The van der Waals surface area contributed by atoms with Crippen LogP contribution in [0.3, 0.4) is 0 Å². The van der Waals surface area contributed by atoms with Gasteiger partial charge in [-0.25, -0.2) is 13.1 Å². The smallest absolute Gasteiger partial charge is 0.272 e. The van der Waals surface area contributed by atoms with Gasteiger partial charge in [-0.2, -0.15) is 5.10 Å². The van der Waals surface area contributed by atoms with Gasteiger partial charge in [0.2, 0.25) is 10.0 Å². The van der Waals surface area contributed by atoms with E-state index in [2.05, 4.69) is 33.7 Å². The summed E-state index contributed by atoms with van der Waals surface area (Å²) < 4.78 is 30.5. The van der Waals surface area contributed by atoms with E-state index in [1.54, 1.807) is 0 Å². The molecule has 1 aliphatic carbocycles. The van der Waals surface area contributed by atoms with Crippen molar-refractivity contribution in [2.45, 2.75) is 108 Å². The Kier molecular flexibility index (Phi) is 8.73. The molecule has 0 spiro atoms. The van der Waals surface area contributed by atoms with Crippen LogP contribution in [0.5, 0.6) is 0 Å². The third-order valence-electron chi connectivity index (χ3n) is 10.0. The Morgan fingerprint density at radius 1 is 0.976 bits per heavy atom. The molecule has 1 saturated carbocycles. The summed E-state index contributed by atoms with van der Waals surface area (Å²) in [5, 5.41) is 8.95. The van der Waals surface area contributed by atoms with Gasteiger partial charge in [-0.15, -0.1) is 0 Å². The van der Waals surface area contributed by atoms with Gasteiger partial charge in [-0.05, 0) is 77.3 Å². The molecule has 4 heterocycles. The first-order chi connectivity index (χ1) is 19.8. The fraction of sp³-hybridized carbons (Fsp3) is 0.742. The molecule has 41 heavy (non-hydrogen) atoms. The summed E-state index contributed by atoms with van der Waals surface area (Å²) in [6.45, 7) is 7.93. The van der Waals surface area contributed by atoms with Gasteiger partial charge < -0.3 is 10.2 Å². The maximum atomic E-state index is 13.4. The highest BCUT2D eigenvalue weighted by Crippen LogP contribution is 2.36. The van der Waals surface area contributed by atoms with E-state index >= 15 is 0 Å². The lowest BCUT2D eigenvalue weighted by molar-refractivity contribution is 0.0817. The summed E-state index contributed by atoms with van der Waals surface area (Å²) >= 11 is 0. The lowest BCUT2D eigenvalue weighted by atomic mass is 9.91. The molecule has 3 aliphatic heterocycles. The predicted molar refractivity (Wildman–Crippen MR) is 162 cm³/mol. The average Bonchev–Trinajstić information content (AvgIpc) is 3.61. The van der Waals surface area contributed by atoms with Crippen molar-refractivity contribution in [3.63, 3.8) is 0 Å². The lowest BCUT2D eigenvalue weighted by Crippen LogP contribution is -2.52. The number of fused-ring (bicyclic) bond motifs is 3. The lowest BCUT2D eigenvalue weighted by Gasteiger charge is -2.39. The monoisotopic (exact) mass is 584 g/mol. The van der Waals surface area contributed by atoms with Gasteiger partial charge >= 0.3 is 0 Å². The molecule has 2 unspecified atom stereocenters. The Morgan fingerprint density at radius 2 is 1.71 bits per heavy atom. The summed E-state index contributed by atoms with van der Waals surface area (Å²) in [6.07, 6.45) is 10.9. The zero-order chi connectivity index (χ0) is 28.6. The minimum absolute atomic E-state index is 0.0384. The molecule has 9 nitrogen and oxygen atoms in total. The highest BCUT2D eigenvalue weighted by atomic mass is 32.2. The molecule has 6 rings (SSSR count). The average molecular weight is 585 g/mol. The van der Waals surface area contributed by atoms with Gasteiger partial charge in [0.05, 0.1) is 11.3 Å². The Hall–Kier alpha value is -2.01. The minimum atomic E-state index is -3.21. The zero-order valence-electron chi connectivity index (χ0n) is 24.8. The van der Waals surface area contributed by atoms with Crippen LogP contribution < -0.4 is 10.0 Å². The Balaban J connectivity index is 0.979. The Bertz CT molecular complexity index is 1310. The molecule has 1 aromatic heterocycles. The van der Waals surface area contributed by atoms with Crippen molar-refractivity contribution in [1.29, 1.82) is 0 Å². The van der Waals surface area contributed by atoms with Crippen molar-refractivity contribution in [1.82, 2.24) is 29.6 Å². The highest BCUT2D eigenvalue weighted by molar-refractivity contribution is 7.89. The molecule has 1 aromatic carbocycles. The van der Waals surface area contributed by atoms with Crippen LogP contribution in [-0.2, 0) is 10.0 Å². The van der Waals surface area contributed by atoms with Crippen LogP contribution in [0.2, 0.25) is 0 Å². The number of likely N-dealkylation sites (tertiary alicyclic amines) is 1. The summed E-state index contributed by atoms with van der Waals surface area (Å²) in [7, 11) is -3.21. The number of carbonyl (C=O) groups excluding carboxylic acids is 1. The van der Waals surface area contributed by atoms with Gasteiger partial charge in [-0.3, -0.25) is 14.4 Å². The van der Waals surface area contributed by atoms with Crippen LogP contribution in [0.1, 0.15) is 94.6 Å². The quantitative estimate of drug-likeness (QED) is 0.439. The van der Waals surface area contributed by atoms with E-state index in [0.717, 1.165) is 69.2 Å². The topological polar surface area (TPSA) is 99.6 Å². The van der Waals surface area contributed by atoms with Crippen LogP contribution in [0.15, 0.2) is 24.3 Å². The first-order valence-electron chi connectivity index (χ1n) is 16.0. The fourth-order valence-electron chi connectivity index (χ4n) is 8.02. The molecule has 2 bridgehead atoms. The number of para-hydroxylation sites is 1. The van der Waals surface area contributed by atoms with E-state index in [1.807, 2.05) is 28.9 Å². The highest BCUT2D eigenvalue weighted by Gasteiger charge is 2.41. The summed E-state index contributed by atoms with van der Waals surface area (Å²) in [4.78, 5) is 18.4. The third-order valence-corrected chi connectivity index (χ3v) is 11.6. The van der Waals surface area contributed by atoms with Crippen molar-refractivity contribution in [3.8, 4) is 0 Å². The van der Waals surface area contributed by atoms with E-state index in [4.69, 9.17) is 5.10 Å². The van der Waals surface area contributed by atoms with Crippen LogP contribution >= 0.6 is 0 Å². The largest absolute Gasteiger partial charge is 0.348 e. The van der Waals surface area contributed by atoms with E-state index in [-0.39, 0.29) is 24.0 Å². The second kappa shape index (κ2) is 12.3. The van der Waals surface area contributed by atoms with Gasteiger partial charge in [0, 0.05) is 55.2 Å². The number of rotatable bonds is 10. The maximum absolute atomic E-state index is 13.4. The second-order valence-electron chi connectivity index (χ2n) is 13.4. The molecule has 3 saturated heterocycles. The number of aromatic nitrogens is 2. The first kappa shape index (κ1) is 29.1. The number of benzene rings is 1. The van der Waals surface area contributed by atoms with Crippen molar-refractivity contribution >= 4 is 26.8 Å². The van der Waals surface area contributed by atoms with Crippen LogP contribution in [0.25, 0.3) is 10.9 Å². The molecular formula is C31H48N6O3S. The number of sulfonamides is 1. The number of piperidine rings is 1. The van der Waals surface area contributed by atoms with E-state index in [1.165, 1.54) is 32.1 Å². The van der Waals surface area contributed by atoms with Gasteiger partial charge in [0.25, 0.3) is 5.91 Å². The Labute approximate surface area is 245 Å². The molecular weight excluding hydrogens is 536 g/mol. The minimum Gasteiger partial charge on any atom is -0.348 e. The summed E-state index contributed by atoms with van der Waals surface area (Å²) in [5.74, 6) is 0.569. The number of amides is 1. The Morgan fingerprint density at radius 3 is 2.44 bits per heavy atom. The van der Waals surface area contributed by atoms with E-state index in [9.17, 15) is 13.2 Å². The standard InChI is InChI=1S/C31H48N6O3S/c1-22(2)37-29-11-7-6-10-28(29)30(33-37)31(38)32-25-18-26-12-13-27(19-25)36(26)17-16-35-15-14-24(20-35)34-41(39,40)21-23-8-4-3-5-9-23/h6-7,10-11,22-27,34H,3-5,8-9,12-21H2,1-2H3,(H,32,38)/t24-,25?,26?,27?/m1/s1. The van der Waals surface area contributed by atoms with Gasteiger partial charge in [-0.1, -0.05) is 37.5 Å². The van der Waals surface area contributed by atoms with Crippen molar-refractivity contribution in [2.75, 3.05) is 31.9 Å². The van der Waals surface area contributed by atoms with Gasteiger partial charge in [0.15, 0.2) is 5.69 Å². The zero-order valence-corrected chi connectivity index (χ0v) is 25.6. The number of nitrogens with zero attached hydrogens (tertiary/aromatic N) is 4. The fourth-order valence-corrected chi connectivity index (χ4v) is 9.77. The number of nitrogens with one attached hydrogen (secondary N) is 2. The first-order valence-corrected chi connectivity index (χ1v) is 17.7. The molecule has 0 radical (unpaired) electrons. The summed E-state index contributed by atoms with van der Waals surface area (Å²) in [5.41, 5.74) is 1.53. The van der Waals surface area contributed by atoms with Crippen molar-refractivity contribution in [2.24, 2.45) is 5.92 Å².